The van der Waals surface area contributed by atoms with Gasteiger partial charge in [0.2, 0.25) is 0 Å². The van der Waals surface area contributed by atoms with Crippen LogP contribution < -0.4 is 16.5 Å². The van der Waals surface area contributed by atoms with E-state index in [4.69, 9.17) is 0 Å². The summed E-state index contributed by atoms with van der Waals surface area (Å²) in [4.78, 5) is 0. The Bertz CT molecular complexity index is 407. The number of unbranched alkanes of at least 4 members (excludes halogenated alkanes) is 4. The first-order valence-electron chi connectivity index (χ1n) is 9.96. The maximum atomic E-state index is 2.35. The molecule has 1 aromatic rings. The molecule has 0 amide bonds. The molecule has 0 N–H and O–H groups in total. The van der Waals surface area contributed by atoms with Crippen molar-refractivity contribution < 1.29 is 0 Å². The monoisotopic (exact) mass is 628 g/mol. The molecule has 0 aliphatic heterocycles. The van der Waals surface area contributed by atoms with Crippen LogP contribution in [0.4, 0.5) is 0 Å². The van der Waals surface area contributed by atoms with Gasteiger partial charge in [-0.2, -0.15) is 0 Å². The Morgan fingerprint density at radius 1 is 0.520 bits per heavy atom. The number of hydrogen-bond acceptors (Lipinski definition) is 1. The number of thiophene rings is 1. The van der Waals surface area contributed by atoms with Crippen LogP contribution in [-0.2, 0) is 0 Å². The molecule has 1 rings (SSSR count). The minimum atomic E-state index is 0.762. The van der Waals surface area contributed by atoms with Crippen LogP contribution in [0.5, 0.6) is 0 Å². The second-order valence-corrected chi connectivity index (χ2v) is 17.6. The van der Waals surface area contributed by atoms with E-state index in [1.54, 1.807) is 0 Å². The molecule has 146 valence electrons. The van der Waals surface area contributed by atoms with Gasteiger partial charge in [-0.25, -0.2) is 0 Å². The van der Waals surface area contributed by atoms with Crippen LogP contribution in [0.2, 0.25) is 21.3 Å². The Kier molecular flexibility index (Phi) is 16.6. The van der Waals surface area contributed by atoms with Crippen LogP contribution in [0.15, 0.2) is 0 Å². The summed E-state index contributed by atoms with van der Waals surface area (Å²) in [6.07, 6.45) is 11.2. The van der Waals surface area contributed by atoms with Crippen molar-refractivity contribution in [3.63, 3.8) is 0 Å². The summed E-state index contributed by atoms with van der Waals surface area (Å²) in [6.45, 7) is 9.38. The molecular weight excluding hydrogens is 588 g/mol. The molecule has 0 saturated carbocycles. The minimum absolute atomic E-state index is 0.762. The van der Waals surface area contributed by atoms with E-state index < -0.39 is 0 Å². The van der Waals surface area contributed by atoms with Gasteiger partial charge in [0.15, 0.2) is 0 Å². The maximum absolute atomic E-state index is 2.35. The topological polar surface area (TPSA) is 0 Å². The first-order chi connectivity index (χ1) is 12.3. The Hall–Kier alpha value is 1.78. The van der Waals surface area contributed by atoms with E-state index in [0.717, 1.165) is 59.8 Å². The van der Waals surface area contributed by atoms with Crippen LogP contribution in [0, 0.1) is 0 Å². The Labute approximate surface area is 186 Å². The number of rotatable bonds is 16. The van der Waals surface area contributed by atoms with Crippen molar-refractivity contribution in [1.82, 2.24) is 0 Å². The molecule has 0 aliphatic carbocycles. The van der Waals surface area contributed by atoms with Crippen molar-refractivity contribution in [3.05, 3.63) is 0 Å². The molecule has 0 aromatic carbocycles. The van der Waals surface area contributed by atoms with Gasteiger partial charge >= 0.3 is 188 Å². The molecule has 0 saturated heterocycles. The molecule has 1 aromatic heterocycles. The molecule has 5 heteroatoms. The van der Waals surface area contributed by atoms with Gasteiger partial charge in [-0.3, -0.25) is 0 Å². The summed E-state index contributed by atoms with van der Waals surface area (Å²) >= 11 is 5.34. The standard InChI is InChI=1S/C20H36SSe4/c1-5-9-13-22-17-18(23-14-10-6-2)20(25-16-12-8-4)21-19(17)24-15-11-7-3/h5-16H2,1-4H3. The molecule has 0 fully saturated rings. The van der Waals surface area contributed by atoms with Gasteiger partial charge in [-0.05, 0) is 0 Å². The van der Waals surface area contributed by atoms with E-state index in [2.05, 4.69) is 39.0 Å². The normalized spacial score (nSPS) is 11.4. The van der Waals surface area contributed by atoms with Crippen molar-refractivity contribution in [2.45, 2.75) is 100 Å². The summed E-state index contributed by atoms with van der Waals surface area (Å²) in [6, 6.07) is 0. The first kappa shape index (κ1) is 24.8. The molecule has 25 heavy (non-hydrogen) atoms. The third kappa shape index (κ3) is 10.2. The zero-order valence-electron chi connectivity index (χ0n) is 16.5. The van der Waals surface area contributed by atoms with Crippen LogP contribution in [0.1, 0.15) is 79.1 Å². The molecule has 0 nitrogen and oxygen atoms in total. The zero-order valence-corrected chi connectivity index (χ0v) is 24.2. The second-order valence-electron chi connectivity index (χ2n) is 6.14. The van der Waals surface area contributed by atoms with E-state index in [1.165, 1.54) is 72.6 Å². The molecular formula is C20H36SSe4. The summed E-state index contributed by atoms with van der Waals surface area (Å²) in [5, 5.41) is 5.91. The first-order valence-corrected chi connectivity index (χ1v) is 19.0. The predicted octanol–water partition coefficient (Wildman–Crippen LogP) is 3.94. The van der Waals surface area contributed by atoms with Gasteiger partial charge < -0.3 is 0 Å². The van der Waals surface area contributed by atoms with Crippen LogP contribution in [0.25, 0.3) is 0 Å². The van der Waals surface area contributed by atoms with Gasteiger partial charge in [-0.1, -0.05) is 0 Å². The summed E-state index contributed by atoms with van der Waals surface area (Å²) in [5.41, 5.74) is 0. The molecule has 0 aliphatic rings. The van der Waals surface area contributed by atoms with Gasteiger partial charge in [0.25, 0.3) is 0 Å². The summed E-state index contributed by atoms with van der Waals surface area (Å²) in [5.74, 6) is 0. The predicted molar refractivity (Wildman–Crippen MR) is 125 cm³/mol. The van der Waals surface area contributed by atoms with Gasteiger partial charge in [0.05, 0.1) is 0 Å². The number of hydrogen-bond donors (Lipinski definition) is 0. The molecule has 0 radical (unpaired) electrons. The van der Waals surface area contributed by atoms with E-state index in [1.807, 2.05) is 16.5 Å². The fourth-order valence-electron chi connectivity index (χ4n) is 2.06. The molecule has 1 heterocycles. The van der Waals surface area contributed by atoms with Crippen molar-refractivity contribution >= 4 is 87.6 Å². The van der Waals surface area contributed by atoms with E-state index in [-0.39, 0.29) is 0 Å². The van der Waals surface area contributed by atoms with Crippen molar-refractivity contribution in [1.29, 1.82) is 0 Å². The molecule has 0 spiro atoms. The Balaban J connectivity index is 2.93. The van der Waals surface area contributed by atoms with Crippen LogP contribution in [0.3, 0.4) is 0 Å². The second kappa shape index (κ2) is 16.7. The third-order valence-corrected chi connectivity index (χ3v) is 18.3. The van der Waals surface area contributed by atoms with Crippen molar-refractivity contribution in [3.8, 4) is 0 Å². The fourth-order valence-corrected chi connectivity index (χ4v) is 19.8. The average Bonchev–Trinajstić information content (AvgIpc) is 2.93. The Morgan fingerprint density at radius 3 is 1.16 bits per heavy atom. The zero-order chi connectivity index (χ0) is 18.3. The summed E-state index contributed by atoms with van der Waals surface area (Å²) in [7, 11) is 0. The summed E-state index contributed by atoms with van der Waals surface area (Å²) < 4.78 is 7.65. The molecule has 0 unspecified atom stereocenters. The van der Waals surface area contributed by atoms with Crippen molar-refractivity contribution in [2.24, 2.45) is 0 Å². The third-order valence-electron chi connectivity index (χ3n) is 3.71. The van der Waals surface area contributed by atoms with Gasteiger partial charge in [0, 0.05) is 0 Å². The molecule has 0 bridgehead atoms. The van der Waals surface area contributed by atoms with Gasteiger partial charge in [0.1, 0.15) is 0 Å². The SMILES string of the molecule is CCCC[Se]c1sc([Se]CCCC)c([Se]CCCC)c1[Se]CCCC. The van der Waals surface area contributed by atoms with E-state index in [9.17, 15) is 0 Å². The quantitative estimate of drug-likeness (QED) is 0.193. The van der Waals surface area contributed by atoms with Gasteiger partial charge in [-0.15, -0.1) is 0 Å². The van der Waals surface area contributed by atoms with Crippen molar-refractivity contribution in [2.75, 3.05) is 0 Å². The van der Waals surface area contributed by atoms with E-state index in [0.29, 0.717) is 0 Å². The van der Waals surface area contributed by atoms with Crippen LogP contribution >= 0.6 is 11.3 Å². The average molecular weight is 624 g/mol. The molecule has 0 atom stereocenters. The fraction of sp³-hybridized carbons (Fsp3) is 0.800. The Morgan fingerprint density at radius 2 is 0.840 bits per heavy atom. The van der Waals surface area contributed by atoms with E-state index >= 15 is 0 Å². The van der Waals surface area contributed by atoms with Crippen LogP contribution in [-0.4, -0.2) is 59.8 Å².